The average Bonchev–Trinajstić information content (AvgIpc) is 3.38. The molecule has 0 atom stereocenters. The predicted octanol–water partition coefficient (Wildman–Crippen LogP) is 5.39. The molecule has 6 rings (SSSR count). The van der Waals surface area contributed by atoms with E-state index in [9.17, 15) is 8.78 Å². The van der Waals surface area contributed by atoms with Gasteiger partial charge in [-0.2, -0.15) is 15.0 Å². The fourth-order valence-corrected chi connectivity index (χ4v) is 5.17. The molecule has 42 heavy (non-hydrogen) atoms. The fraction of sp³-hybridized carbons (Fsp3) is 0.323. The average molecular weight is 569 g/mol. The van der Waals surface area contributed by atoms with Crippen LogP contribution in [0.3, 0.4) is 0 Å². The Kier molecular flexibility index (Phi) is 7.39. The molecule has 214 valence electrons. The third-order valence-electron chi connectivity index (χ3n) is 7.05. The van der Waals surface area contributed by atoms with Gasteiger partial charge in [-0.25, -0.2) is 18.7 Å². The van der Waals surface area contributed by atoms with Gasteiger partial charge in [0.15, 0.2) is 5.82 Å². The van der Waals surface area contributed by atoms with E-state index in [4.69, 9.17) is 9.72 Å². The second-order valence-corrected chi connectivity index (χ2v) is 10.8. The number of aryl methyl sites for hydroxylation is 1. The number of imidazole rings is 1. The molecular weight excluding hydrogens is 538 g/mol. The minimum Gasteiger partial charge on any atom is -0.378 e. The van der Waals surface area contributed by atoms with Crippen LogP contribution in [0.5, 0.6) is 0 Å². The third kappa shape index (κ3) is 5.71. The van der Waals surface area contributed by atoms with Gasteiger partial charge in [0.25, 0.3) is 6.43 Å². The summed E-state index contributed by atoms with van der Waals surface area (Å²) in [5, 5.41) is 3.46. The van der Waals surface area contributed by atoms with Gasteiger partial charge in [-0.3, -0.25) is 4.57 Å². The Hall–Kier alpha value is -4.69. The smallest absolute Gasteiger partial charge is 0.296 e. The number of aromatic nitrogens is 6. The Morgan fingerprint density at radius 3 is 2.50 bits per heavy atom. The maximum Gasteiger partial charge on any atom is 0.296 e. The van der Waals surface area contributed by atoms with Gasteiger partial charge < -0.3 is 15.0 Å². The SMILES string of the molecule is Cc1cc(-c2ccccc2CC(C)(C)Nc2nc(N3CCOCC3)nc(-n3c(C(F)F)nc4ccccc43)n2)c#cn1. The van der Waals surface area contributed by atoms with Crippen LogP contribution in [0.15, 0.2) is 54.6 Å². The summed E-state index contributed by atoms with van der Waals surface area (Å²) in [6.45, 7) is 8.21. The summed E-state index contributed by atoms with van der Waals surface area (Å²) in [5.74, 6) is 0.320. The van der Waals surface area contributed by atoms with Crippen LogP contribution in [-0.4, -0.2) is 61.3 Å². The molecule has 2 aromatic carbocycles. The van der Waals surface area contributed by atoms with Crippen LogP contribution in [-0.2, 0) is 11.2 Å². The molecule has 0 amide bonds. The van der Waals surface area contributed by atoms with Crippen molar-refractivity contribution < 1.29 is 13.5 Å². The first-order valence-electron chi connectivity index (χ1n) is 13.8. The molecule has 9 nitrogen and oxygen atoms in total. The molecule has 3 aromatic heterocycles. The van der Waals surface area contributed by atoms with Gasteiger partial charge >= 0.3 is 0 Å². The van der Waals surface area contributed by atoms with Crippen LogP contribution in [0, 0.1) is 19.2 Å². The molecule has 0 radical (unpaired) electrons. The highest BCUT2D eigenvalue weighted by Gasteiger charge is 2.27. The number of fused-ring (bicyclic) bond motifs is 1. The molecule has 0 bridgehead atoms. The zero-order chi connectivity index (χ0) is 29.3. The van der Waals surface area contributed by atoms with E-state index in [1.807, 2.05) is 43.9 Å². The summed E-state index contributed by atoms with van der Waals surface area (Å²) in [7, 11) is 0. The number of hydrogen-bond acceptors (Lipinski definition) is 8. The van der Waals surface area contributed by atoms with E-state index in [-0.39, 0.29) is 11.9 Å². The Morgan fingerprint density at radius 1 is 0.976 bits per heavy atom. The number of morpholine rings is 1. The number of nitrogens with one attached hydrogen (secondary N) is 1. The quantitative estimate of drug-likeness (QED) is 0.266. The lowest BCUT2D eigenvalue weighted by atomic mass is 9.90. The molecule has 1 saturated heterocycles. The lowest BCUT2D eigenvalue weighted by Crippen LogP contribution is -2.39. The first-order chi connectivity index (χ1) is 20.3. The highest BCUT2D eigenvalue weighted by molar-refractivity contribution is 5.77. The maximum absolute atomic E-state index is 14.2. The van der Waals surface area contributed by atoms with E-state index < -0.39 is 17.8 Å². The van der Waals surface area contributed by atoms with Crippen LogP contribution in [0.4, 0.5) is 20.7 Å². The highest BCUT2D eigenvalue weighted by atomic mass is 19.3. The first-order valence-corrected chi connectivity index (χ1v) is 13.8. The molecule has 1 aliphatic rings. The minimum absolute atomic E-state index is 0.0755. The van der Waals surface area contributed by atoms with Gasteiger partial charge in [0.2, 0.25) is 17.8 Å². The molecule has 5 aromatic rings. The van der Waals surface area contributed by atoms with Crippen LogP contribution in [0.2, 0.25) is 0 Å². The number of halogens is 2. The monoisotopic (exact) mass is 568 g/mol. The van der Waals surface area contributed by atoms with Crippen molar-refractivity contribution in [2.45, 2.75) is 39.2 Å². The van der Waals surface area contributed by atoms with E-state index in [0.717, 1.165) is 22.4 Å². The van der Waals surface area contributed by atoms with Gasteiger partial charge in [-0.15, -0.1) is 0 Å². The lowest BCUT2D eigenvalue weighted by molar-refractivity contribution is 0.122. The summed E-state index contributed by atoms with van der Waals surface area (Å²) in [6, 6.07) is 20.2. The Labute approximate surface area is 242 Å². The molecule has 4 heterocycles. The van der Waals surface area contributed by atoms with Gasteiger partial charge in [0.1, 0.15) is 0 Å². The molecule has 0 saturated carbocycles. The van der Waals surface area contributed by atoms with E-state index >= 15 is 0 Å². The van der Waals surface area contributed by atoms with Crippen molar-refractivity contribution in [2.24, 2.45) is 0 Å². The maximum atomic E-state index is 14.2. The lowest BCUT2D eigenvalue weighted by Gasteiger charge is -2.30. The number of benzene rings is 2. The number of rotatable bonds is 8. The van der Waals surface area contributed by atoms with E-state index in [1.54, 1.807) is 24.3 Å². The Bertz CT molecular complexity index is 1710. The first kappa shape index (κ1) is 27.5. The summed E-state index contributed by atoms with van der Waals surface area (Å²) in [4.78, 5) is 24.4. The molecule has 1 N–H and O–H groups in total. The normalized spacial score (nSPS) is 13.9. The topological polar surface area (TPSA) is 93.9 Å². The Balaban J connectivity index is 1.40. The highest BCUT2D eigenvalue weighted by Crippen LogP contribution is 2.30. The number of anilines is 2. The number of para-hydroxylation sites is 2. The molecular formula is C31H30F2N8O. The van der Waals surface area contributed by atoms with Gasteiger partial charge in [0, 0.05) is 36.1 Å². The van der Waals surface area contributed by atoms with Crippen molar-refractivity contribution in [3.05, 3.63) is 83.9 Å². The van der Waals surface area contributed by atoms with Crippen molar-refractivity contribution in [1.29, 1.82) is 0 Å². The summed E-state index contributed by atoms with van der Waals surface area (Å²) in [6.07, 6.45) is 0.638. The van der Waals surface area contributed by atoms with Gasteiger partial charge in [0.05, 0.1) is 24.2 Å². The number of ether oxygens (including phenoxy) is 1. The van der Waals surface area contributed by atoms with E-state index in [2.05, 4.69) is 49.6 Å². The van der Waals surface area contributed by atoms with E-state index in [0.29, 0.717) is 49.7 Å². The fourth-order valence-electron chi connectivity index (χ4n) is 5.17. The molecule has 1 fully saturated rings. The van der Waals surface area contributed by atoms with Gasteiger partial charge in [-0.05, 0) is 62.6 Å². The van der Waals surface area contributed by atoms with Crippen molar-refractivity contribution >= 4 is 22.9 Å². The zero-order valence-electron chi connectivity index (χ0n) is 23.6. The van der Waals surface area contributed by atoms with Crippen LogP contribution < -0.4 is 10.2 Å². The van der Waals surface area contributed by atoms with Crippen LogP contribution in [0.25, 0.3) is 28.1 Å². The second kappa shape index (κ2) is 11.3. The van der Waals surface area contributed by atoms with Crippen molar-refractivity contribution in [3.63, 3.8) is 0 Å². The van der Waals surface area contributed by atoms with Crippen molar-refractivity contribution in [2.75, 3.05) is 36.5 Å². The molecule has 0 spiro atoms. The van der Waals surface area contributed by atoms with Crippen molar-refractivity contribution in [1.82, 2.24) is 29.5 Å². The third-order valence-corrected chi connectivity index (χ3v) is 7.05. The number of nitrogens with zero attached hydrogens (tertiary/aromatic N) is 7. The molecule has 0 aliphatic carbocycles. The number of alkyl halides is 2. The van der Waals surface area contributed by atoms with Crippen molar-refractivity contribution in [3.8, 4) is 17.1 Å². The van der Waals surface area contributed by atoms with Gasteiger partial charge in [-0.1, -0.05) is 36.4 Å². The summed E-state index contributed by atoms with van der Waals surface area (Å²) < 4.78 is 35.3. The van der Waals surface area contributed by atoms with E-state index in [1.165, 1.54) is 4.57 Å². The van der Waals surface area contributed by atoms with Crippen LogP contribution in [0.1, 0.15) is 37.4 Å². The largest absolute Gasteiger partial charge is 0.378 e. The molecule has 0 unspecified atom stereocenters. The zero-order valence-corrected chi connectivity index (χ0v) is 23.6. The number of hydrogen-bond donors (Lipinski definition) is 1. The predicted molar refractivity (Wildman–Crippen MR) is 156 cm³/mol. The van der Waals surface area contributed by atoms with Crippen LogP contribution >= 0.6 is 0 Å². The minimum atomic E-state index is -2.82. The summed E-state index contributed by atoms with van der Waals surface area (Å²) in [5.41, 5.74) is 4.29. The molecule has 11 heteroatoms. The second-order valence-electron chi connectivity index (χ2n) is 10.8. The Morgan fingerprint density at radius 2 is 1.71 bits per heavy atom. The standard InChI is InChI=1S/C31H30F2N8O/c1-20-18-21(12-13-34-20)23-9-5-4-8-22(23)19-31(2,3)39-28-36-29(40-14-16-42-17-15-40)38-30(37-28)41-25-11-7-6-10-24(25)35-27(41)26(32)33/h4-11,18,26H,14-17,19H2,1-3H3,(H,36,37,38,39). The molecule has 1 aliphatic heterocycles. The summed E-state index contributed by atoms with van der Waals surface area (Å²) >= 11 is 0.